The lowest BCUT2D eigenvalue weighted by Crippen LogP contribution is -2.53. The first-order chi connectivity index (χ1) is 19.3. The molecule has 2 saturated heterocycles. The highest BCUT2D eigenvalue weighted by atomic mass is 32.1. The summed E-state index contributed by atoms with van der Waals surface area (Å²) in [6, 6.07) is 11.7. The predicted octanol–water partition coefficient (Wildman–Crippen LogP) is 3.52. The SMILES string of the molecule is Cc1nscc1C(=O)N1CC[C@@H](C(=O)N2CCC(O)(Cn3cnc4sccc4c3=O)CC2)[C@H](c2ccccc2)C1. The van der Waals surface area contributed by atoms with Crippen molar-refractivity contribution >= 4 is 44.9 Å². The van der Waals surface area contributed by atoms with Crippen LogP contribution in [0.2, 0.25) is 0 Å². The zero-order chi connectivity index (χ0) is 27.9. The zero-order valence-corrected chi connectivity index (χ0v) is 23.9. The Hall–Kier alpha value is -3.41. The number of carbonyl (C=O) groups excluding carboxylic acids is 2. The number of thiophene rings is 1. The Kier molecular flexibility index (Phi) is 7.28. The number of fused-ring (bicyclic) bond motifs is 1. The zero-order valence-electron chi connectivity index (χ0n) is 22.2. The van der Waals surface area contributed by atoms with Crippen LogP contribution < -0.4 is 5.56 Å². The van der Waals surface area contributed by atoms with Gasteiger partial charge < -0.3 is 14.9 Å². The van der Waals surface area contributed by atoms with Crippen molar-refractivity contribution in [2.24, 2.45) is 5.92 Å². The molecule has 0 aliphatic carbocycles. The Morgan fingerprint density at radius 2 is 1.88 bits per heavy atom. The molecule has 9 nitrogen and oxygen atoms in total. The summed E-state index contributed by atoms with van der Waals surface area (Å²) in [5.41, 5.74) is 1.16. The van der Waals surface area contributed by atoms with Crippen LogP contribution in [0, 0.1) is 12.8 Å². The van der Waals surface area contributed by atoms with Gasteiger partial charge in [0.1, 0.15) is 4.83 Å². The van der Waals surface area contributed by atoms with Gasteiger partial charge in [-0.2, -0.15) is 4.37 Å². The third-order valence-electron chi connectivity index (χ3n) is 8.35. The average molecular weight is 578 g/mol. The molecule has 0 saturated carbocycles. The number of carbonyl (C=O) groups is 2. The number of aliphatic hydroxyl groups is 1. The number of benzene rings is 1. The van der Waals surface area contributed by atoms with Crippen LogP contribution in [0.15, 0.2) is 58.3 Å². The highest BCUT2D eigenvalue weighted by Gasteiger charge is 2.42. The highest BCUT2D eigenvalue weighted by molar-refractivity contribution is 7.16. The van der Waals surface area contributed by atoms with E-state index in [1.54, 1.807) is 11.4 Å². The van der Waals surface area contributed by atoms with E-state index in [0.717, 1.165) is 11.3 Å². The van der Waals surface area contributed by atoms with Crippen molar-refractivity contribution in [3.63, 3.8) is 0 Å². The summed E-state index contributed by atoms with van der Waals surface area (Å²) in [7, 11) is 0. The molecule has 2 amide bonds. The Morgan fingerprint density at radius 1 is 1.10 bits per heavy atom. The molecule has 0 radical (unpaired) electrons. The summed E-state index contributed by atoms with van der Waals surface area (Å²) in [5, 5.41) is 15.5. The van der Waals surface area contributed by atoms with E-state index in [-0.39, 0.29) is 35.8 Å². The van der Waals surface area contributed by atoms with Crippen LogP contribution in [0.5, 0.6) is 0 Å². The molecule has 0 unspecified atom stereocenters. The lowest BCUT2D eigenvalue weighted by molar-refractivity contribution is -0.142. The fraction of sp³-hybridized carbons (Fsp3) is 0.414. The normalized spacial score (nSPS) is 21.1. The van der Waals surface area contributed by atoms with Gasteiger partial charge in [0.15, 0.2) is 0 Å². The Balaban J connectivity index is 1.15. The predicted molar refractivity (Wildman–Crippen MR) is 155 cm³/mol. The van der Waals surface area contributed by atoms with Crippen molar-refractivity contribution in [1.82, 2.24) is 23.7 Å². The minimum Gasteiger partial charge on any atom is -0.388 e. The maximum absolute atomic E-state index is 13.9. The van der Waals surface area contributed by atoms with E-state index < -0.39 is 5.60 Å². The Bertz CT molecular complexity index is 1590. The molecule has 5 heterocycles. The van der Waals surface area contributed by atoms with Gasteiger partial charge in [-0.25, -0.2) is 4.98 Å². The summed E-state index contributed by atoms with van der Waals surface area (Å²) in [5.74, 6) is -0.352. The summed E-state index contributed by atoms with van der Waals surface area (Å²) >= 11 is 2.70. The van der Waals surface area contributed by atoms with Crippen LogP contribution in [-0.4, -0.2) is 72.4 Å². The lowest BCUT2D eigenvalue weighted by Gasteiger charge is -2.43. The smallest absolute Gasteiger partial charge is 0.262 e. The van der Waals surface area contributed by atoms with Gasteiger partial charge in [0, 0.05) is 43.4 Å². The number of rotatable bonds is 5. The minimum atomic E-state index is -1.09. The molecular weight excluding hydrogens is 546 g/mol. The largest absolute Gasteiger partial charge is 0.388 e. The molecule has 1 aromatic carbocycles. The molecule has 4 aromatic rings. The van der Waals surface area contributed by atoms with Gasteiger partial charge in [-0.05, 0) is 54.7 Å². The number of aromatic nitrogens is 3. The molecule has 1 N–H and O–H groups in total. The van der Waals surface area contributed by atoms with Crippen molar-refractivity contribution in [2.75, 3.05) is 26.2 Å². The molecule has 40 heavy (non-hydrogen) atoms. The number of hydrogen-bond donors (Lipinski definition) is 1. The van der Waals surface area contributed by atoms with E-state index in [9.17, 15) is 19.5 Å². The van der Waals surface area contributed by atoms with Crippen LogP contribution in [-0.2, 0) is 11.3 Å². The van der Waals surface area contributed by atoms with Crippen LogP contribution in [0.1, 0.15) is 46.8 Å². The molecule has 2 fully saturated rings. The lowest BCUT2D eigenvalue weighted by atomic mass is 9.79. The van der Waals surface area contributed by atoms with Crippen molar-refractivity contribution in [3.05, 3.63) is 80.7 Å². The van der Waals surface area contributed by atoms with Crippen LogP contribution in [0.3, 0.4) is 0 Å². The molecule has 2 aliphatic heterocycles. The van der Waals surface area contributed by atoms with E-state index in [1.807, 2.05) is 52.4 Å². The van der Waals surface area contributed by atoms with Gasteiger partial charge in [0.05, 0.1) is 35.1 Å². The van der Waals surface area contributed by atoms with Gasteiger partial charge in [-0.3, -0.25) is 19.0 Å². The quantitative estimate of drug-likeness (QED) is 0.389. The van der Waals surface area contributed by atoms with Gasteiger partial charge in [-0.1, -0.05) is 30.3 Å². The van der Waals surface area contributed by atoms with Gasteiger partial charge in [-0.15, -0.1) is 11.3 Å². The summed E-state index contributed by atoms with van der Waals surface area (Å²) in [6.45, 7) is 3.80. The summed E-state index contributed by atoms with van der Waals surface area (Å²) < 4.78 is 5.74. The molecular formula is C29H31N5O4S2. The number of nitrogens with zero attached hydrogens (tertiary/aromatic N) is 5. The molecule has 2 aliphatic rings. The minimum absolute atomic E-state index is 0.0357. The maximum Gasteiger partial charge on any atom is 0.262 e. The molecule has 0 bridgehead atoms. The second-order valence-corrected chi connectivity index (χ2v) is 12.4. The maximum atomic E-state index is 13.9. The second kappa shape index (κ2) is 10.9. The Labute approximate surface area is 239 Å². The van der Waals surface area contributed by atoms with Gasteiger partial charge >= 0.3 is 0 Å². The monoisotopic (exact) mass is 577 g/mol. The van der Waals surface area contributed by atoms with E-state index >= 15 is 0 Å². The Morgan fingerprint density at radius 3 is 2.60 bits per heavy atom. The first-order valence-electron chi connectivity index (χ1n) is 13.5. The van der Waals surface area contributed by atoms with Crippen LogP contribution in [0.4, 0.5) is 0 Å². The van der Waals surface area contributed by atoms with Gasteiger partial charge in [0.2, 0.25) is 5.91 Å². The molecule has 0 spiro atoms. The second-order valence-electron chi connectivity index (χ2n) is 10.8. The van der Waals surface area contributed by atoms with Crippen molar-refractivity contribution in [3.8, 4) is 0 Å². The van der Waals surface area contributed by atoms with E-state index in [2.05, 4.69) is 9.36 Å². The molecule has 2 atom stereocenters. The fourth-order valence-electron chi connectivity index (χ4n) is 6.00. The molecule has 11 heteroatoms. The van der Waals surface area contributed by atoms with Gasteiger partial charge in [0.25, 0.3) is 11.5 Å². The third-order valence-corrected chi connectivity index (χ3v) is 9.89. The fourth-order valence-corrected chi connectivity index (χ4v) is 7.41. The number of hydrogen-bond acceptors (Lipinski definition) is 8. The standard InChI is InChI=1S/C29H31N5O4S2/c1-19-24(16-40-31-19)28(37)33-11-7-21(23(15-33)20-5-3-2-4-6-20)26(35)32-12-9-29(38,10-13-32)17-34-18-30-25-22(27(34)36)8-14-39-25/h2-6,8,14,16,18,21,23,38H,7,9-13,15,17H2,1H3/t21-,23+/m1/s1. The summed E-state index contributed by atoms with van der Waals surface area (Å²) in [6.07, 6.45) is 2.84. The number of likely N-dealkylation sites (tertiary alicyclic amines) is 2. The van der Waals surface area contributed by atoms with Crippen molar-refractivity contribution < 1.29 is 14.7 Å². The van der Waals surface area contributed by atoms with Crippen molar-refractivity contribution in [1.29, 1.82) is 0 Å². The highest BCUT2D eigenvalue weighted by Crippen LogP contribution is 2.36. The average Bonchev–Trinajstić information content (AvgIpc) is 3.64. The van der Waals surface area contributed by atoms with Crippen molar-refractivity contribution in [2.45, 2.75) is 44.2 Å². The first-order valence-corrected chi connectivity index (χ1v) is 15.2. The molecule has 208 valence electrons. The van der Waals surface area contributed by atoms with E-state index in [0.29, 0.717) is 61.2 Å². The van der Waals surface area contributed by atoms with E-state index in [1.165, 1.54) is 33.8 Å². The number of aryl methyl sites for hydroxylation is 1. The third kappa shape index (κ3) is 5.09. The van der Waals surface area contributed by atoms with Crippen LogP contribution in [0.25, 0.3) is 10.2 Å². The number of piperidine rings is 2. The van der Waals surface area contributed by atoms with Crippen LogP contribution >= 0.6 is 22.9 Å². The molecule has 3 aromatic heterocycles. The molecule has 6 rings (SSSR count). The first kappa shape index (κ1) is 26.8. The topological polar surface area (TPSA) is 109 Å². The number of amides is 2. The summed E-state index contributed by atoms with van der Waals surface area (Å²) in [4.78, 5) is 48.8. The van der Waals surface area contributed by atoms with E-state index in [4.69, 9.17) is 0 Å².